The normalized spacial score (nSPS) is 12.0. The van der Waals surface area contributed by atoms with Crippen molar-refractivity contribution in [3.63, 3.8) is 0 Å². The zero-order valence-corrected chi connectivity index (χ0v) is 14.1. The molecule has 3 rings (SSSR count). The number of furan rings is 1. The molecule has 0 fully saturated rings. The summed E-state index contributed by atoms with van der Waals surface area (Å²) >= 11 is 0. The average Bonchev–Trinajstić information content (AvgIpc) is 2.97. The Morgan fingerprint density at radius 2 is 1.96 bits per heavy atom. The highest BCUT2D eigenvalue weighted by Gasteiger charge is 2.06. The molecule has 6 heteroatoms. The lowest BCUT2D eigenvalue weighted by Crippen LogP contribution is -2.30. The van der Waals surface area contributed by atoms with E-state index >= 15 is 0 Å². The molecule has 2 aromatic carbocycles. The minimum atomic E-state index is -1.08. The molecule has 0 aliphatic heterocycles. The summed E-state index contributed by atoms with van der Waals surface area (Å²) in [6, 6.07) is 16.5. The fourth-order valence-electron chi connectivity index (χ4n) is 2.39. The number of fused-ring (bicyclic) bond motifs is 1. The van der Waals surface area contributed by atoms with Crippen LogP contribution in [-0.2, 0) is 17.2 Å². The van der Waals surface area contributed by atoms with Crippen molar-refractivity contribution < 1.29 is 13.4 Å². The van der Waals surface area contributed by atoms with Crippen LogP contribution < -0.4 is 10.6 Å². The third-order valence-corrected chi connectivity index (χ3v) is 4.48. The largest absolute Gasteiger partial charge is 0.461 e. The minimum absolute atomic E-state index is 0.301. The van der Waals surface area contributed by atoms with E-state index in [2.05, 4.69) is 10.6 Å². The van der Waals surface area contributed by atoms with Crippen LogP contribution >= 0.6 is 0 Å². The van der Waals surface area contributed by atoms with Gasteiger partial charge in [0, 0.05) is 46.0 Å². The second-order valence-electron chi connectivity index (χ2n) is 5.36. The predicted octanol–water partition coefficient (Wildman–Crippen LogP) is 3.53. The number of rotatable bonds is 5. The van der Waals surface area contributed by atoms with Gasteiger partial charge in [-0.05, 0) is 30.3 Å². The Balaban J connectivity index is 1.52. The number of urea groups is 1. The van der Waals surface area contributed by atoms with Crippen molar-refractivity contribution in [3.05, 3.63) is 60.4 Å². The van der Waals surface area contributed by atoms with Gasteiger partial charge in [0.05, 0.1) is 0 Å². The van der Waals surface area contributed by atoms with E-state index in [1.807, 2.05) is 30.3 Å². The number of hydrogen-bond acceptors (Lipinski definition) is 3. The van der Waals surface area contributed by atoms with E-state index in [1.165, 1.54) is 0 Å². The van der Waals surface area contributed by atoms with Crippen LogP contribution in [0.25, 0.3) is 11.0 Å². The fraction of sp³-hybridized carbons (Fsp3) is 0.167. The van der Waals surface area contributed by atoms with E-state index in [4.69, 9.17) is 4.42 Å². The smallest absolute Gasteiger partial charge is 0.319 e. The van der Waals surface area contributed by atoms with Gasteiger partial charge < -0.3 is 15.1 Å². The Morgan fingerprint density at radius 3 is 2.75 bits per heavy atom. The third kappa shape index (κ3) is 4.02. The molecule has 1 atom stereocenters. The van der Waals surface area contributed by atoms with Crippen LogP contribution in [0.4, 0.5) is 10.5 Å². The van der Waals surface area contributed by atoms with Gasteiger partial charge in [0.1, 0.15) is 11.3 Å². The molecule has 0 saturated heterocycles. The lowest BCUT2D eigenvalue weighted by molar-refractivity contribution is 0.252. The Kier molecular flexibility index (Phi) is 4.96. The van der Waals surface area contributed by atoms with Crippen molar-refractivity contribution in [2.24, 2.45) is 0 Å². The van der Waals surface area contributed by atoms with Gasteiger partial charge >= 0.3 is 6.03 Å². The van der Waals surface area contributed by atoms with Gasteiger partial charge in [-0.15, -0.1) is 0 Å². The van der Waals surface area contributed by atoms with Crippen LogP contribution in [0.15, 0.2) is 63.9 Å². The predicted molar refractivity (Wildman–Crippen MR) is 95.7 cm³/mol. The third-order valence-electron chi connectivity index (χ3n) is 3.56. The molecule has 0 spiro atoms. The first-order valence-electron chi connectivity index (χ1n) is 7.57. The van der Waals surface area contributed by atoms with Gasteiger partial charge in [-0.2, -0.15) is 0 Å². The number of benzene rings is 2. The summed E-state index contributed by atoms with van der Waals surface area (Å²) in [6.07, 6.45) is 2.22. The van der Waals surface area contributed by atoms with Crippen LogP contribution in [0.1, 0.15) is 5.76 Å². The highest BCUT2D eigenvalue weighted by atomic mass is 32.2. The average molecular weight is 342 g/mol. The summed E-state index contributed by atoms with van der Waals surface area (Å²) in [5.41, 5.74) is 1.46. The van der Waals surface area contributed by atoms with Crippen molar-refractivity contribution in [1.82, 2.24) is 5.32 Å². The van der Waals surface area contributed by atoms with E-state index < -0.39 is 10.8 Å². The molecule has 3 aromatic rings. The fourth-order valence-corrected chi connectivity index (χ4v) is 2.95. The minimum Gasteiger partial charge on any atom is -0.461 e. The summed E-state index contributed by atoms with van der Waals surface area (Å²) in [6.45, 7) is 0.463. The van der Waals surface area contributed by atoms with Crippen LogP contribution in [0.3, 0.4) is 0 Å². The summed E-state index contributed by atoms with van der Waals surface area (Å²) in [7, 11) is -1.08. The van der Waals surface area contributed by atoms with Crippen molar-refractivity contribution in [1.29, 1.82) is 0 Å². The first-order valence-corrected chi connectivity index (χ1v) is 9.13. The number of carbonyl (C=O) groups excluding carboxylic acids is 1. The van der Waals surface area contributed by atoms with E-state index in [0.29, 0.717) is 23.5 Å². The highest BCUT2D eigenvalue weighted by molar-refractivity contribution is 7.84. The van der Waals surface area contributed by atoms with Gasteiger partial charge in [-0.25, -0.2) is 4.79 Å². The molecule has 24 heavy (non-hydrogen) atoms. The summed E-state index contributed by atoms with van der Waals surface area (Å²) in [5, 5.41) is 6.58. The molecule has 5 nitrogen and oxygen atoms in total. The number of anilines is 1. The molecule has 0 saturated carbocycles. The maximum atomic E-state index is 11.9. The van der Waals surface area contributed by atoms with Gasteiger partial charge in [-0.1, -0.05) is 24.3 Å². The molecule has 0 aliphatic rings. The van der Waals surface area contributed by atoms with Crippen LogP contribution in [0, 0.1) is 0 Å². The topological polar surface area (TPSA) is 71.3 Å². The standard InChI is InChI=1S/C18H18N2O3S/c1-24(22)16-7-4-6-14(12-16)20-18(21)19-10-9-15-11-13-5-2-3-8-17(13)23-15/h2-8,11-12H,9-10H2,1H3,(H2,19,20,21). The maximum Gasteiger partial charge on any atom is 0.319 e. The molecule has 124 valence electrons. The number of amides is 2. The van der Waals surface area contributed by atoms with Crippen molar-refractivity contribution in [3.8, 4) is 0 Å². The molecule has 0 bridgehead atoms. The van der Waals surface area contributed by atoms with Crippen molar-refractivity contribution in [2.75, 3.05) is 18.1 Å². The molecular formula is C18H18N2O3S. The van der Waals surface area contributed by atoms with Crippen LogP contribution in [0.2, 0.25) is 0 Å². The lowest BCUT2D eigenvalue weighted by Gasteiger charge is -2.07. The molecule has 1 aromatic heterocycles. The molecule has 0 aliphatic carbocycles. The van der Waals surface area contributed by atoms with E-state index in [9.17, 15) is 9.00 Å². The molecule has 1 heterocycles. The van der Waals surface area contributed by atoms with Gasteiger partial charge in [0.15, 0.2) is 0 Å². The van der Waals surface area contributed by atoms with E-state index in [1.54, 1.807) is 30.5 Å². The first kappa shape index (κ1) is 16.3. The number of carbonyl (C=O) groups is 1. The summed E-state index contributed by atoms with van der Waals surface area (Å²) < 4.78 is 17.2. The molecule has 2 N–H and O–H groups in total. The van der Waals surface area contributed by atoms with E-state index in [0.717, 1.165) is 16.7 Å². The molecule has 1 unspecified atom stereocenters. The molecule has 2 amide bonds. The Bertz CT molecular complexity index is 856. The van der Waals surface area contributed by atoms with Crippen LogP contribution in [0.5, 0.6) is 0 Å². The van der Waals surface area contributed by atoms with Crippen molar-refractivity contribution in [2.45, 2.75) is 11.3 Å². The number of nitrogens with one attached hydrogen (secondary N) is 2. The molecule has 0 radical (unpaired) electrons. The maximum absolute atomic E-state index is 11.9. The zero-order valence-electron chi connectivity index (χ0n) is 13.2. The van der Waals surface area contributed by atoms with Gasteiger partial charge in [-0.3, -0.25) is 4.21 Å². The van der Waals surface area contributed by atoms with Gasteiger partial charge in [0.25, 0.3) is 0 Å². The van der Waals surface area contributed by atoms with E-state index in [-0.39, 0.29) is 6.03 Å². The molecular weight excluding hydrogens is 324 g/mol. The second-order valence-corrected chi connectivity index (χ2v) is 6.74. The zero-order chi connectivity index (χ0) is 16.9. The number of hydrogen-bond donors (Lipinski definition) is 2. The van der Waals surface area contributed by atoms with Gasteiger partial charge in [0.2, 0.25) is 0 Å². The Labute approximate surface area is 142 Å². The second kappa shape index (κ2) is 7.31. The highest BCUT2D eigenvalue weighted by Crippen LogP contribution is 2.18. The summed E-state index contributed by atoms with van der Waals surface area (Å²) in [4.78, 5) is 12.6. The Morgan fingerprint density at radius 1 is 1.12 bits per heavy atom. The van der Waals surface area contributed by atoms with Crippen LogP contribution in [-0.4, -0.2) is 23.0 Å². The van der Waals surface area contributed by atoms with Crippen molar-refractivity contribution >= 4 is 33.5 Å². The Hall–Kier alpha value is -2.60. The monoisotopic (exact) mass is 342 g/mol. The summed E-state index contributed by atoms with van der Waals surface area (Å²) in [5.74, 6) is 0.833. The SMILES string of the molecule is CS(=O)c1cccc(NC(=O)NCCc2cc3ccccc3o2)c1. The first-order chi connectivity index (χ1) is 11.6. The lowest BCUT2D eigenvalue weighted by atomic mass is 10.2. The quantitative estimate of drug-likeness (QED) is 0.745. The number of para-hydroxylation sites is 1.